The van der Waals surface area contributed by atoms with E-state index in [2.05, 4.69) is 0 Å². The van der Waals surface area contributed by atoms with E-state index in [1.54, 1.807) is 11.8 Å². The van der Waals surface area contributed by atoms with E-state index in [1.165, 1.54) is 6.07 Å². The number of nitrogens with zero attached hydrogens (tertiary/aromatic N) is 1. The number of hydrogen-bond donors (Lipinski definition) is 1. The quantitative estimate of drug-likeness (QED) is 0.904. The molecule has 1 fully saturated rings. The van der Waals surface area contributed by atoms with Gasteiger partial charge in [0.2, 0.25) is 5.91 Å². The van der Waals surface area contributed by atoms with Crippen LogP contribution < -0.4 is 0 Å². The number of carbonyl (C=O) groups is 1. The Labute approximate surface area is 117 Å². The molecule has 110 valence electrons. The summed E-state index contributed by atoms with van der Waals surface area (Å²) < 4.78 is 26.3. The number of hydrogen-bond acceptors (Lipinski definition) is 2. The minimum Gasteiger partial charge on any atom is -0.390 e. The van der Waals surface area contributed by atoms with Crippen LogP contribution in [0.15, 0.2) is 18.2 Å². The van der Waals surface area contributed by atoms with Gasteiger partial charge in [-0.1, -0.05) is 6.07 Å². The van der Waals surface area contributed by atoms with Crippen molar-refractivity contribution in [2.45, 2.75) is 38.2 Å². The zero-order chi connectivity index (χ0) is 14.8. The first-order chi connectivity index (χ1) is 9.37. The van der Waals surface area contributed by atoms with E-state index < -0.39 is 17.2 Å². The van der Waals surface area contributed by atoms with Gasteiger partial charge in [0.05, 0.1) is 12.0 Å². The molecule has 0 aliphatic carbocycles. The Morgan fingerprint density at radius 1 is 1.35 bits per heavy atom. The lowest BCUT2D eigenvalue weighted by atomic mass is 9.98. The van der Waals surface area contributed by atoms with Gasteiger partial charge >= 0.3 is 0 Å². The molecule has 1 unspecified atom stereocenters. The highest BCUT2D eigenvalue weighted by Gasteiger charge is 2.27. The van der Waals surface area contributed by atoms with Crippen molar-refractivity contribution in [2.75, 3.05) is 13.1 Å². The van der Waals surface area contributed by atoms with Gasteiger partial charge in [-0.05, 0) is 37.8 Å². The molecule has 0 spiro atoms. The number of rotatable bonds is 2. The summed E-state index contributed by atoms with van der Waals surface area (Å²) in [6.07, 6.45) is 1.82. The molecule has 20 heavy (non-hydrogen) atoms. The topological polar surface area (TPSA) is 40.5 Å². The average molecular weight is 283 g/mol. The van der Waals surface area contributed by atoms with Crippen LogP contribution in [0.5, 0.6) is 0 Å². The normalized spacial score (nSPS) is 23.5. The molecule has 0 saturated carbocycles. The van der Waals surface area contributed by atoms with Crippen LogP contribution in [-0.4, -0.2) is 34.6 Å². The third kappa shape index (κ3) is 3.76. The Morgan fingerprint density at radius 2 is 2.10 bits per heavy atom. The number of benzene rings is 1. The van der Waals surface area contributed by atoms with E-state index >= 15 is 0 Å². The standard InChI is InChI=1S/C15H19F2NO2/c1-15(20)5-2-7-18(8-6-15)14(19)9-11-3-4-12(16)10-13(11)17/h3-4,10,20H,2,5-9H2,1H3. The summed E-state index contributed by atoms with van der Waals surface area (Å²) in [5.74, 6) is -1.53. The largest absolute Gasteiger partial charge is 0.390 e. The maximum absolute atomic E-state index is 13.5. The van der Waals surface area contributed by atoms with Gasteiger partial charge in [0.15, 0.2) is 0 Å². The van der Waals surface area contributed by atoms with E-state index in [9.17, 15) is 18.7 Å². The average Bonchev–Trinajstić information content (AvgIpc) is 2.54. The Hall–Kier alpha value is -1.49. The first-order valence-corrected chi connectivity index (χ1v) is 6.81. The van der Waals surface area contributed by atoms with Crippen LogP contribution >= 0.6 is 0 Å². The van der Waals surface area contributed by atoms with Crippen molar-refractivity contribution < 1.29 is 18.7 Å². The molecule has 3 nitrogen and oxygen atoms in total. The van der Waals surface area contributed by atoms with Crippen molar-refractivity contribution in [3.63, 3.8) is 0 Å². The van der Waals surface area contributed by atoms with Crippen LogP contribution in [0.3, 0.4) is 0 Å². The summed E-state index contributed by atoms with van der Waals surface area (Å²) in [5.41, 5.74) is -0.539. The number of aliphatic hydroxyl groups is 1. The summed E-state index contributed by atoms with van der Waals surface area (Å²) in [4.78, 5) is 13.8. The smallest absolute Gasteiger partial charge is 0.227 e. The number of carbonyl (C=O) groups excluding carboxylic acids is 1. The van der Waals surface area contributed by atoms with E-state index in [0.717, 1.165) is 18.6 Å². The van der Waals surface area contributed by atoms with Crippen molar-refractivity contribution in [3.05, 3.63) is 35.4 Å². The van der Waals surface area contributed by atoms with Gasteiger partial charge in [0, 0.05) is 19.2 Å². The molecule has 1 aromatic carbocycles. The number of amides is 1. The summed E-state index contributed by atoms with van der Waals surface area (Å²) in [5, 5.41) is 9.98. The lowest BCUT2D eigenvalue weighted by molar-refractivity contribution is -0.130. The van der Waals surface area contributed by atoms with Crippen LogP contribution in [-0.2, 0) is 11.2 Å². The molecular formula is C15H19F2NO2. The Balaban J connectivity index is 2.01. The van der Waals surface area contributed by atoms with Crippen molar-refractivity contribution >= 4 is 5.91 Å². The van der Waals surface area contributed by atoms with Crippen molar-refractivity contribution in [2.24, 2.45) is 0 Å². The second-order valence-electron chi connectivity index (χ2n) is 5.64. The lowest BCUT2D eigenvalue weighted by Crippen LogP contribution is -2.34. The molecular weight excluding hydrogens is 264 g/mol. The van der Waals surface area contributed by atoms with Crippen molar-refractivity contribution in [1.29, 1.82) is 0 Å². The van der Waals surface area contributed by atoms with Crippen LogP contribution in [0.4, 0.5) is 8.78 Å². The zero-order valence-corrected chi connectivity index (χ0v) is 11.5. The highest BCUT2D eigenvalue weighted by molar-refractivity contribution is 5.78. The van der Waals surface area contributed by atoms with Crippen LogP contribution in [0.2, 0.25) is 0 Å². The molecule has 1 heterocycles. The summed E-state index contributed by atoms with van der Waals surface area (Å²) in [6.45, 7) is 2.80. The molecule has 0 aromatic heterocycles. The van der Waals surface area contributed by atoms with E-state index in [0.29, 0.717) is 25.9 Å². The van der Waals surface area contributed by atoms with Crippen molar-refractivity contribution in [3.8, 4) is 0 Å². The van der Waals surface area contributed by atoms with Gasteiger partial charge in [-0.15, -0.1) is 0 Å². The fourth-order valence-electron chi connectivity index (χ4n) is 2.45. The second kappa shape index (κ2) is 5.87. The minimum atomic E-state index is -0.740. The second-order valence-corrected chi connectivity index (χ2v) is 5.64. The molecule has 2 rings (SSSR count). The Kier molecular flexibility index (Phi) is 4.38. The molecule has 5 heteroatoms. The van der Waals surface area contributed by atoms with Gasteiger partial charge in [0.1, 0.15) is 11.6 Å². The van der Waals surface area contributed by atoms with Gasteiger partial charge < -0.3 is 10.0 Å². The first kappa shape index (κ1) is 14.9. The lowest BCUT2D eigenvalue weighted by Gasteiger charge is -2.22. The fourth-order valence-corrected chi connectivity index (χ4v) is 2.45. The summed E-state index contributed by atoms with van der Waals surface area (Å²) in [7, 11) is 0. The van der Waals surface area contributed by atoms with Crippen LogP contribution in [0, 0.1) is 11.6 Å². The monoisotopic (exact) mass is 283 g/mol. The number of halogens is 2. The first-order valence-electron chi connectivity index (χ1n) is 6.81. The molecule has 1 aliphatic rings. The predicted octanol–water partition coefficient (Wildman–Crippen LogP) is 2.27. The maximum atomic E-state index is 13.5. The predicted molar refractivity (Wildman–Crippen MR) is 71.1 cm³/mol. The molecule has 1 amide bonds. The van der Waals surface area contributed by atoms with Crippen LogP contribution in [0.1, 0.15) is 31.7 Å². The maximum Gasteiger partial charge on any atom is 0.227 e. The Bertz CT molecular complexity index is 503. The molecule has 1 saturated heterocycles. The van der Waals surface area contributed by atoms with Crippen molar-refractivity contribution in [1.82, 2.24) is 4.90 Å². The highest BCUT2D eigenvalue weighted by atomic mass is 19.1. The third-order valence-corrected chi connectivity index (χ3v) is 3.77. The summed E-state index contributed by atoms with van der Waals surface area (Å²) >= 11 is 0. The van der Waals surface area contributed by atoms with Gasteiger partial charge in [-0.25, -0.2) is 8.78 Å². The van der Waals surface area contributed by atoms with Gasteiger partial charge in [-0.3, -0.25) is 4.79 Å². The Morgan fingerprint density at radius 3 is 2.80 bits per heavy atom. The van der Waals surface area contributed by atoms with E-state index in [4.69, 9.17) is 0 Å². The highest BCUT2D eigenvalue weighted by Crippen LogP contribution is 2.22. The summed E-state index contributed by atoms with van der Waals surface area (Å²) in [6, 6.07) is 3.24. The molecule has 0 radical (unpaired) electrons. The van der Waals surface area contributed by atoms with Gasteiger partial charge in [-0.2, -0.15) is 0 Å². The zero-order valence-electron chi connectivity index (χ0n) is 11.5. The van der Waals surface area contributed by atoms with Gasteiger partial charge in [0.25, 0.3) is 0 Å². The van der Waals surface area contributed by atoms with E-state index in [-0.39, 0.29) is 17.9 Å². The molecule has 1 atom stereocenters. The van der Waals surface area contributed by atoms with Crippen LogP contribution in [0.25, 0.3) is 0 Å². The fraction of sp³-hybridized carbons (Fsp3) is 0.533. The van der Waals surface area contributed by atoms with E-state index in [1.807, 2.05) is 0 Å². The molecule has 0 bridgehead atoms. The molecule has 1 aliphatic heterocycles. The SMILES string of the molecule is CC1(O)CCCN(C(=O)Cc2ccc(F)cc2F)CC1. The number of likely N-dealkylation sites (tertiary alicyclic amines) is 1. The molecule has 1 N–H and O–H groups in total. The third-order valence-electron chi connectivity index (χ3n) is 3.77. The minimum absolute atomic E-state index is 0.0751. The molecule has 1 aromatic rings.